The predicted molar refractivity (Wildman–Crippen MR) is 330 cm³/mol. The molecule has 0 aliphatic rings. The Kier molecular flexibility index (Phi) is 61.7. The van der Waals surface area contributed by atoms with Gasteiger partial charge in [-0.05, 0) is 89.9 Å². The van der Waals surface area contributed by atoms with Crippen LogP contribution in [0.1, 0.15) is 335 Å². The highest BCUT2D eigenvalue weighted by Crippen LogP contribution is 2.17. The first-order valence-corrected chi connectivity index (χ1v) is 32.9. The van der Waals surface area contributed by atoms with Gasteiger partial charge >= 0.3 is 17.9 Å². The smallest absolute Gasteiger partial charge is 0.306 e. The Morgan fingerprint density at radius 1 is 0.276 bits per heavy atom. The van der Waals surface area contributed by atoms with E-state index in [1.54, 1.807) is 0 Å². The Morgan fingerprint density at radius 3 is 0.803 bits per heavy atom. The van der Waals surface area contributed by atoms with Crippen LogP contribution in [0.5, 0.6) is 0 Å². The van der Waals surface area contributed by atoms with Gasteiger partial charge in [0.05, 0.1) is 0 Å². The fraction of sp³-hybridized carbons (Fsp3) is 0.786. The van der Waals surface area contributed by atoms with Crippen molar-refractivity contribution in [3.8, 4) is 0 Å². The highest BCUT2D eigenvalue weighted by molar-refractivity contribution is 5.71. The summed E-state index contributed by atoms with van der Waals surface area (Å²) in [6.45, 7) is 6.53. The van der Waals surface area contributed by atoms with Gasteiger partial charge in [0.1, 0.15) is 13.2 Å². The minimum atomic E-state index is -0.774. The summed E-state index contributed by atoms with van der Waals surface area (Å²) in [6, 6.07) is 0. The molecular formula is C70H124O6. The molecule has 0 aromatic carbocycles. The monoisotopic (exact) mass is 1060 g/mol. The lowest BCUT2D eigenvalue weighted by molar-refractivity contribution is -0.167. The number of rotatable bonds is 60. The van der Waals surface area contributed by atoms with Crippen molar-refractivity contribution in [2.45, 2.75) is 341 Å². The Morgan fingerprint density at radius 2 is 0.513 bits per heavy atom. The molecule has 0 amide bonds. The first-order valence-electron chi connectivity index (χ1n) is 32.9. The molecule has 0 aliphatic carbocycles. The van der Waals surface area contributed by atoms with Gasteiger partial charge in [-0.1, -0.05) is 299 Å². The van der Waals surface area contributed by atoms with Crippen molar-refractivity contribution in [2.75, 3.05) is 13.2 Å². The molecule has 76 heavy (non-hydrogen) atoms. The first-order chi connectivity index (χ1) is 37.5. The molecule has 0 saturated carbocycles. The van der Waals surface area contributed by atoms with Crippen molar-refractivity contribution in [3.63, 3.8) is 0 Å². The number of ether oxygens (including phenoxy) is 3. The van der Waals surface area contributed by atoms with E-state index in [0.29, 0.717) is 19.3 Å². The Hall–Kier alpha value is -3.15. The van der Waals surface area contributed by atoms with Crippen molar-refractivity contribution < 1.29 is 28.6 Å². The summed E-state index contributed by atoms with van der Waals surface area (Å²) in [6.07, 6.45) is 83.6. The average molecular weight is 1060 g/mol. The van der Waals surface area contributed by atoms with Crippen LogP contribution >= 0.6 is 0 Å². The maximum absolute atomic E-state index is 12.9. The van der Waals surface area contributed by atoms with Crippen molar-refractivity contribution >= 4 is 17.9 Å². The van der Waals surface area contributed by atoms with Crippen LogP contribution in [0, 0.1) is 0 Å². The van der Waals surface area contributed by atoms with Gasteiger partial charge in [0.25, 0.3) is 0 Å². The number of carbonyl (C=O) groups excluding carboxylic acids is 3. The molecule has 0 aromatic rings. The van der Waals surface area contributed by atoms with Crippen LogP contribution in [-0.2, 0) is 28.6 Å². The maximum Gasteiger partial charge on any atom is 0.306 e. The van der Waals surface area contributed by atoms with Gasteiger partial charge in [0.2, 0.25) is 0 Å². The van der Waals surface area contributed by atoms with Crippen LogP contribution in [0.4, 0.5) is 0 Å². The lowest BCUT2D eigenvalue weighted by Gasteiger charge is -2.18. The summed E-state index contributed by atoms with van der Waals surface area (Å²) in [4.78, 5) is 38.2. The van der Waals surface area contributed by atoms with Crippen molar-refractivity contribution in [3.05, 3.63) is 72.9 Å². The van der Waals surface area contributed by atoms with Crippen LogP contribution in [0.15, 0.2) is 72.9 Å². The minimum absolute atomic E-state index is 0.0725. The third kappa shape index (κ3) is 61.7. The third-order valence-corrected chi connectivity index (χ3v) is 14.4. The summed E-state index contributed by atoms with van der Waals surface area (Å²) < 4.78 is 16.9. The van der Waals surface area contributed by atoms with Crippen molar-refractivity contribution in [1.29, 1.82) is 0 Å². The largest absolute Gasteiger partial charge is 0.462 e. The molecule has 0 radical (unpaired) electrons. The molecule has 6 nitrogen and oxygen atoms in total. The summed E-state index contributed by atoms with van der Waals surface area (Å²) in [5.74, 6) is -0.864. The molecule has 1 unspecified atom stereocenters. The van der Waals surface area contributed by atoms with E-state index in [-0.39, 0.29) is 31.1 Å². The van der Waals surface area contributed by atoms with E-state index in [1.807, 2.05) is 0 Å². The van der Waals surface area contributed by atoms with Crippen LogP contribution < -0.4 is 0 Å². The molecule has 0 bridgehead atoms. The van der Waals surface area contributed by atoms with Crippen LogP contribution in [0.2, 0.25) is 0 Å². The van der Waals surface area contributed by atoms with E-state index < -0.39 is 6.10 Å². The van der Waals surface area contributed by atoms with E-state index in [1.165, 1.54) is 205 Å². The standard InChI is InChI=1S/C70H124O6/c1-4-7-10-13-16-19-21-23-25-27-29-31-33-34-35-36-38-39-41-43-45-47-49-51-54-57-60-63-69(72)75-66-67(65-74-68(71)62-59-56-53-18-15-12-9-6-3)76-70(73)64-61-58-55-52-50-48-46-44-42-40-37-32-30-28-26-24-22-20-17-14-11-8-5-2/h7,10,16,19,22-25,28-31,67H,4-6,8-9,11-15,17-18,20-21,26-27,32-66H2,1-3H3/b10-7-,19-16-,24-22-,25-23-,30-28-,31-29-. The second kappa shape index (κ2) is 64.4. The van der Waals surface area contributed by atoms with Gasteiger partial charge in [-0.15, -0.1) is 0 Å². The van der Waals surface area contributed by atoms with Crippen LogP contribution in [0.3, 0.4) is 0 Å². The second-order valence-electron chi connectivity index (χ2n) is 22.0. The maximum atomic E-state index is 12.9. The molecule has 0 rings (SSSR count). The molecule has 0 heterocycles. The summed E-state index contributed by atoms with van der Waals surface area (Å²) in [5.41, 5.74) is 0. The van der Waals surface area contributed by atoms with E-state index in [2.05, 4.69) is 93.7 Å². The van der Waals surface area contributed by atoms with Crippen molar-refractivity contribution in [1.82, 2.24) is 0 Å². The number of unbranched alkanes of at least 4 members (excludes halogenated alkanes) is 37. The lowest BCUT2D eigenvalue weighted by Crippen LogP contribution is -2.30. The Bertz CT molecular complexity index is 1400. The summed E-state index contributed by atoms with van der Waals surface area (Å²) >= 11 is 0. The number of esters is 3. The molecule has 440 valence electrons. The number of hydrogen-bond acceptors (Lipinski definition) is 6. The zero-order valence-electron chi connectivity index (χ0n) is 50.5. The number of carbonyl (C=O) groups is 3. The Balaban J connectivity index is 4.13. The fourth-order valence-electron chi connectivity index (χ4n) is 9.53. The van der Waals surface area contributed by atoms with Gasteiger partial charge in [0, 0.05) is 19.3 Å². The van der Waals surface area contributed by atoms with E-state index >= 15 is 0 Å². The lowest BCUT2D eigenvalue weighted by atomic mass is 10.0. The molecule has 0 aliphatic heterocycles. The molecular weight excluding hydrogens is 937 g/mol. The predicted octanol–water partition coefficient (Wildman–Crippen LogP) is 22.5. The van der Waals surface area contributed by atoms with Gasteiger partial charge in [-0.2, -0.15) is 0 Å². The highest BCUT2D eigenvalue weighted by Gasteiger charge is 2.19. The third-order valence-electron chi connectivity index (χ3n) is 14.4. The second-order valence-corrected chi connectivity index (χ2v) is 22.0. The highest BCUT2D eigenvalue weighted by atomic mass is 16.6. The molecule has 0 spiro atoms. The molecule has 6 heteroatoms. The zero-order chi connectivity index (χ0) is 55.0. The van der Waals surface area contributed by atoms with E-state index in [0.717, 1.165) is 89.9 Å². The zero-order valence-corrected chi connectivity index (χ0v) is 50.5. The fourth-order valence-corrected chi connectivity index (χ4v) is 9.53. The number of allylic oxidation sites excluding steroid dienone is 12. The van der Waals surface area contributed by atoms with Crippen molar-refractivity contribution in [2.24, 2.45) is 0 Å². The molecule has 0 aromatic heterocycles. The van der Waals surface area contributed by atoms with Gasteiger partial charge in [0.15, 0.2) is 6.10 Å². The quantitative estimate of drug-likeness (QED) is 0.0261. The summed E-state index contributed by atoms with van der Waals surface area (Å²) in [7, 11) is 0. The van der Waals surface area contributed by atoms with Gasteiger partial charge < -0.3 is 14.2 Å². The minimum Gasteiger partial charge on any atom is -0.462 e. The molecule has 0 saturated heterocycles. The Labute approximate surface area is 472 Å². The van der Waals surface area contributed by atoms with E-state index in [4.69, 9.17) is 14.2 Å². The number of hydrogen-bond donors (Lipinski definition) is 0. The average Bonchev–Trinajstić information content (AvgIpc) is 3.42. The normalized spacial score (nSPS) is 12.5. The first kappa shape index (κ1) is 72.8. The molecule has 1 atom stereocenters. The van der Waals surface area contributed by atoms with Crippen LogP contribution in [-0.4, -0.2) is 37.2 Å². The SMILES string of the molecule is CC/C=C\C/C=C\C/C=C\C/C=C\CCCCCCCCCCCCCCCCC(=O)OCC(COC(=O)CCCCCCCCCC)OC(=O)CCCCCCCCCCCCC/C=C\C/C=C\CCCCCCC. The van der Waals surface area contributed by atoms with Gasteiger partial charge in [-0.25, -0.2) is 0 Å². The molecule has 0 N–H and O–H groups in total. The van der Waals surface area contributed by atoms with Gasteiger partial charge in [-0.3, -0.25) is 14.4 Å². The molecule has 0 fully saturated rings. The topological polar surface area (TPSA) is 78.9 Å². The van der Waals surface area contributed by atoms with E-state index in [9.17, 15) is 14.4 Å². The summed E-state index contributed by atoms with van der Waals surface area (Å²) in [5, 5.41) is 0. The van der Waals surface area contributed by atoms with Crippen LogP contribution in [0.25, 0.3) is 0 Å².